The molecule has 1 aromatic carbocycles. The second-order valence-electron chi connectivity index (χ2n) is 6.59. The van der Waals surface area contributed by atoms with Gasteiger partial charge >= 0.3 is 0 Å². The first-order valence-electron chi connectivity index (χ1n) is 8.72. The number of carbonyl (C=O) groups is 1. The number of amides is 1. The van der Waals surface area contributed by atoms with Crippen LogP contribution in [0, 0.1) is 6.92 Å². The molecule has 1 amide bonds. The lowest BCUT2D eigenvalue weighted by atomic mass is 9.89. The summed E-state index contributed by atoms with van der Waals surface area (Å²) < 4.78 is 5.36. The Morgan fingerprint density at radius 1 is 1.16 bits per heavy atom. The van der Waals surface area contributed by atoms with E-state index in [0.717, 1.165) is 28.8 Å². The van der Waals surface area contributed by atoms with Crippen LogP contribution in [0.2, 0.25) is 0 Å². The van der Waals surface area contributed by atoms with E-state index in [1.807, 2.05) is 24.4 Å². The topological polar surface area (TPSA) is 42.2 Å². The molecular formula is C21H21NO2S. The molecule has 25 heavy (non-hydrogen) atoms. The van der Waals surface area contributed by atoms with Crippen molar-refractivity contribution in [3.8, 4) is 0 Å². The lowest BCUT2D eigenvalue weighted by molar-refractivity contribution is 0.0914. The average molecular weight is 351 g/mol. The van der Waals surface area contributed by atoms with Crippen molar-refractivity contribution in [2.45, 2.75) is 38.6 Å². The average Bonchev–Trinajstić information content (AvgIpc) is 3.31. The Hall–Kier alpha value is -2.33. The number of furan rings is 1. The molecule has 1 N–H and O–H groups in total. The zero-order valence-corrected chi connectivity index (χ0v) is 15.1. The second kappa shape index (κ2) is 6.89. The molecule has 0 saturated carbocycles. The van der Waals surface area contributed by atoms with Gasteiger partial charge in [0.1, 0.15) is 0 Å². The molecule has 128 valence electrons. The summed E-state index contributed by atoms with van der Waals surface area (Å²) in [5.41, 5.74) is 4.87. The van der Waals surface area contributed by atoms with Gasteiger partial charge in [-0.05, 0) is 66.8 Å². The first kappa shape index (κ1) is 16.2. The van der Waals surface area contributed by atoms with Crippen LogP contribution in [0.15, 0.2) is 52.5 Å². The Balaban J connectivity index is 1.67. The fourth-order valence-corrected chi connectivity index (χ4v) is 4.31. The van der Waals surface area contributed by atoms with Crippen molar-refractivity contribution in [1.82, 2.24) is 5.32 Å². The highest BCUT2D eigenvalue weighted by Crippen LogP contribution is 2.30. The van der Waals surface area contributed by atoms with Crippen molar-refractivity contribution in [3.05, 3.63) is 80.9 Å². The molecule has 0 radical (unpaired) electrons. The van der Waals surface area contributed by atoms with E-state index in [1.54, 1.807) is 17.6 Å². The van der Waals surface area contributed by atoms with E-state index < -0.39 is 0 Å². The maximum atomic E-state index is 12.7. The van der Waals surface area contributed by atoms with E-state index in [9.17, 15) is 4.79 Å². The summed E-state index contributed by atoms with van der Waals surface area (Å²) in [6.45, 7) is 1.89. The molecule has 0 aliphatic heterocycles. The molecule has 2 heterocycles. The number of aryl methyl sites for hydroxylation is 3. The number of carbonyl (C=O) groups excluding carboxylic acids is 1. The van der Waals surface area contributed by atoms with E-state index in [0.29, 0.717) is 5.76 Å². The Kier molecular flexibility index (Phi) is 4.45. The predicted octanol–water partition coefficient (Wildman–Crippen LogP) is 5.05. The van der Waals surface area contributed by atoms with Crippen LogP contribution in [0.25, 0.3) is 0 Å². The first-order valence-corrected chi connectivity index (χ1v) is 9.60. The van der Waals surface area contributed by atoms with Crippen LogP contribution in [0.5, 0.6) is 0 Å². The van der Waals surface area contributed by atoms with Crippen LogP contribution in [0.4, 0.5) is 0 Å². The molecule has 2 aromatic heterocycles. The van der Waals surface area contributed by atoms with Gasteiger partial charge < -0.3 is 9.73 Å². The molecule has 1 aliphatic carbocycles. The number of hydrogen-bond donors (Lipinski definition) is 1. The van der Waals surface area contributed by atoms with Crippen LogP contribution < -0.4 is 5.32 Å². The zero-order chi connectivity index (χ0) is 17.2. The number of benzene rings is 1. The van der Waals surface area contributed by atoms with Crippen LogP contribution >= 0.6 is 11.3 Å². The molecule has 0 bridgehead atoms. The highest BCUT2D eigenvalue weighted by atomic mass is 32.1. The lowest BCUT2D eigenvalue weighted by Gasteiger charge is -2.22. The van der Waals surface area contributed by atoms with E-state index in [1.165, 1.54) is 24.0 Å². The summed E-state index contributed by atoms with van der Waals surface area (Å²) in [4.78, 5) is 13.8. The summed E-state index contributed by atoms with van der Waals surface area (Å²) in [6.07, 6.45) is 6.37. The molecule has 0 saturated heterocycles. The van der Waals surface area contributed by atoms with Crippen molar-refractivity contribution >= 4 is 17.2 Å². The van der Waals surface area contributed by atoms with Crippen LogP contribution in [0.1, 0.15) is 56.6 Å². The van der Waals surface area contributed by atoms with Crippen LogP contribution in [0.3, 0.4) is 0 Å². The number of fused-ring (bicyclic) bond motifs is 1. The standard InChI is InChI=1S/C21H21NO2S/c1-14-10-11-24-20(14)21(23)22-19(18-7-4-12-25-18)17-9-8-15-5-2-3-6-16(15)13-17/h4,7-13,19H,2-3,5-6H2,1H3,(H,22,23). The lowest BCUT2D eigenvalue weighted by Crippen LogP contribution is -2.29. The van der Waals surface area contributed by atoms with Gasteiger partial charge in [0.05, 0.1) is 12.3 Å². The molecule has 4 rings (SSSR count). The Morgan fingerprint density at radius 2 is 2.00 bits per heavy atom. The van der Waals surface area contributed by atoms with Gasteiger partial charge in [0.25, 0.3) is 5.91 Å². The van der Waals surface area contributed by atoms with Gasteiger partial charge in [-0.15, -0.1) is 11.3 Å². The smallest absolute Gasteiger partial charge is 0.288 e. The predicted molar refractivity (Wildman–Crippen MR) is 100 cm³/mol. The number of thiophene rings is 1. The third-order valence-electron chi connectivity index (χ3n) is 4.88. The third-order valence-corrected chi connectivity index (χ3v) is 5.81. The summed E-state index contributed by atoms with van der Waals surface area (Å²) in [5, 5.41) is 5.21. The van der Waals surface area contributed by atoms with Crippen LogP contribution in [-0.4, -0.2) is 5.91 Å². The van der Waals surface area contributed by atoms with Crippen molar-refractivity contribution < 1.29 is 9.21 Å². The van der Waals surface area contributed by atoms with Crippen molar-refractivity contribution in [1.29, 1.82) is 0 Å². The Labute approximate surface area is 151 Å². The molecular weight excluding hydrogens is 330 g/mol. The third kappa shape index (κ3) is 3.27. The van der Waals surface area contributed by atoms with Gasteiger partial charge in [0, 0.05) is 10.4 Å². The number of nitrogens with one attached hydrogen (secondary N) is 1. The molecule has 0 fully saturated rings. The fraction of sp³-hybridized carbons (Fsp3) is 0.286. The van der Waals surface area contributed by atoms with Gasteiger partial charge in [-0.1, -0.05) is 24.3 Å². The Bertz CT molecular complexity index is 879. The minimum absolute atomic E-state index is 0.149. The minimum atomic E-state index is -0.168. The number of hydrogen-bond acceptors (Lipinski definition) is 3. The molecule has 1 atom stereocenters. The van der Waals surface area contributed by atoms with Crippen LogP contribution in [-0.2, 0) is 12.8 Å². The molecule has 3 nitrogen and oxygen atoms in total. The molecule has 1 unspecified atom stereocenters. The van der Waals surface area contributed by atoms with Crippen molar-refractivity contribution in [2.75, 3.05) is 0 Å². The number of rotatable bonds is 4. The van der Waals surface area contributed by atoms with Crippen molar-refractivity contribution in [2.24, 2.45) is 0 Å². The highest BCUT2D eigenvalue weighted by molar-refractivity contribution is 7.10. The SMILES string of the molecule is Cc1ccoc1C(=O)NC(c1ccc2c(c1)CCCC2)c1cccs1. The maximum Gasteiger partial charge on any atom is 0.288 e. The monoisotopic (exact) mass is 351 g/mol. The molecule has 0 spiro atoms. The summed E-state index contributed by atoms with van der Waals surface area (Å²) in [7, 11) is 0. The molecule has 1 aliphatic rings. The van der Waals surface area contributed by atoms with E-state index in [2.05, 4.69) is 29.6 Å². The Morgan fingerprint density at radius 3 is 2.72 bits per heavy atom. The normalized spacial score (nSPS) is 14.8. The first-order chi connectivity index (χ1) is 12.2. The molecule has 4 heteroatoms. The van der Waals surface area contributed by atoms with Gasteiger partial charge in [0.2, 0.25) is 0 Å². The maximum absolute atomic E-state index is 12.7. The summed E-state index contributed by atoms with van der Waals surface area (Å²) in [6, 6.07) is 12.4. The highest BCUT2D eigenvalue weighted by Gasteiger charge is 2.22. The van der Waals surface area contributed by atoms with Gasteiger partial charge in [-0.25, -0.2) is 0 Å². The molecule has 3 aromatic rings. The van der Waals surface area contributed by atoms with Gasteiger partial charge in [-0.3, -0.25) is 4.79 Å². The second-order valence-corrected chi connectivity index (χ2v) is 7.57. The fourth-order valence-electron chi connectivity index (χ4n) is 3.51. The van der Waals surface area contributed by atoms with E-state index >= 15 is 0 Å². The zero-order valence-electron chi connectivity index (χ0n) is 14.2. The quantitative estimate of drug-likeness (QED) is 0.715. The van der Waals surface area contributed by atoms with Gasteiger partial charge in [0.15, 0.2) is 5.76 Å². The van der Waals surface area contributed by atoms with E-state index in [-0.39, 0.29) is 11.9 Å². The summed E-state index contributed by atoms with van der Waals surface area (Å²) in [5.74, 6) is 0.220. The minimum Gasteiger partial charge on any atom is -0.459 e. The van der Waals surface area contributed by atoms with Crippen molar-refractivity contribution in [3.63, 3.8) is 0 Å². The largest absolute Gasteiger partial charge is 0.459 e. The van der Waals surface area contributed by atoms with E-state index in [4.69, 9.17) is 4.42 Å². The summed E-state index contributed by atoms with van der Waals surface area (Å²) >= 11 is 1.66. The van der Waals surface area contributed by atoms with Gasteiger partial charge in [-0.2, -0.15) is 0 Å².